The number of rotatable bonds is 6. The minimum Gasteiger partial charge on any atom is -0.349 e. The Morgan fingerprint density at radius 2 is 1.47 bits per heavy atom. The SMILES string of the molecule is O=C(NC(Cc1ccccc1)c1ccccc1)C1CCN(C(=O)c2ccc(Br)cc2)CC1. The number of carbonyl (C=O) groups is 2. The van der Waals surface area contributed by atoms with Crippen LogP contribution in [0.1, 0.15) is 40.4 Å². The smallest absolute Gasteiger partial charge is 0.253 e. The maximum absolute atomic E-state index is 13.1. The van der Waals surface area contributed by atoms with Crippen LogP contribution in [0.5, 0.6) is 0 Å². The summed E-state index contributed by atoms with van der Waals surface area (Å²) in [7, 11) is 0. The van der Waals surface area contributed by atoms with Crippen LogP contribution in [0.15, 0.2) is 89.4 Å². The first-order chi connectivity index (χ1) is 15.6. The van der Waals surface area contributed by atoms with Gasteiger partial charge in [0.05, 0.1) is 6.04 Å². The molecule has 1 saturated heterocycles. The second kappa shape index (κ2) is 10.6. The number of likely N-dealkylation sites (tertiary alicyclic amines) is 1. The van der Waals surface area contributed by atoms with E-state index < -0.39 is 0 Å². The highest BCUT2D eigenvalue weighted by molar-refractivity contribution is 9.10. The Morgan fingerprint density at radius 3 is 2.09 bits per heavy atom. The van der Waals surface area contributed by atoms with Gasteiger partial charge in [0, 0.05) is 29.0 Å². The molecule has 1 atom stereocenters. The minimum atomic E-state index is -0.0778. The molecule has 5 heteroatoms. The lowest BCUT2D eigenvalue weighted by molar-refractivity contribution is -0.127. The van der Waals surface area contributed by atoms with Gasteiger partial charge in [-0.15, -0.1) is 0 Å². The maximum Gasteiger partial charge on any atom is 0.253 e. The van der Waals surface area contributed by atoms with Crippen molar-refractivity contribution in [3.8, 4) is 0 Å². The van der Waals surface area contributed by atoms with E-state index in [1.54, 1.807) is 0 Å². The molecule has 1 aliphatic rings. The van der Waals surface area contributed by atoms with Gasteiger partial charge in [0.2, 0.25) is 5.91 Å². The number of amides is 2. The first kappa shape index (κ1) is 22.3. The monoisotopic (exact) mass is 490 g/mol. The molecule has 0 radical (unpaired) electrons. The topological polar surface area (TPSA) is 49.4 Å². The van der Waals surface area contributed by atoms with Crippen LogP contribution in [-0.2, 0) is 11.2 Å². The van der Waals surface area contributed by atoms with E-state index in [0.717, 1.165) is 16.5 Å². The predicted octanol–water partition coefficient (Wildman–Crippen LogP) is 5.40. The summed E-state index contributed by atoms with van der Waals surface area (Å²) in [4.78, 5) is 27.8. The highest BCUT2D eigenvalue weighted by Crippen LogP contribution is 2.23. The zero-order valence-electron chi connectivity index (χ0n) is 17.9. The van der Waals surface area contributed by atoms with E-state index in [1.165, 1.54) is 5.56 Å². The van der Waals surface area contributed by atoms with E-state index in [2.05, 4.69) is 45.5 Å². The Bertz CT molecular complexity index is 1030. The summed E-state index contributed by atoms with van der Waals surface area (Å²) < 4.78 is 0.952. The van der Waals surface area contributed by atoms with Crippen LogP contribution in [-0.4, -0.2) is 29.8 Å². The van der Waals surface area contributed by atoms with Crippen LogP contribution in [0.3, 0.4) is 0 Å². The first-order valence-electron chi connectivity index (χ1n) is 11.0. The lowest BCUT2D eigenvalue weighted by Gasteiger charge is -2.32. The molecule has 1 aliphatic heterocycles. The van der Waals surface area contributed by atoms with E-state index in [-0.39, 0.29) is 23.8 Å². The van der Waals surface area contributed by atoms with Crippen LogP contribution >= 0.6 is 15.9 Å². The van der Waals surface area contributed by atoms with Gasteiger partial charge in [-0.1, -0.05) is 76.6 Å². The van der Waals surface area contributed by atoms with E-state index in [0.29, 0.717) is 31.5 Å². The molecule has 1 unspecified atom stereocenters. The third-order valence-corrected chi connectivity index (χ3v) is 6.57. The Morgan fingerprint density at radius 1 is 0.875 bits per heavy atom. The molecule has 3 aromatic carbocycles. The quantitative estimate of drug-likeness (QED) is 0.502. The molecule has 2 amide bonds. The second-order valence-corrected chi connectivity index (χ2v) is 9.15. The number of hydrogen-bond acceptors (Lipinski definition) is 2. The van der Waals surface area contributed by atoms with Crippen molar-refractivity contribution in [2.24, 2.45) is 5.92 Å². The van der Waals surface area contributed by atoms with Gasteiger partial charge in [-0.05, 0) is 54.7 Å². The number of carbonyl (C=O) groups excluding carboxylic acids is 2. The van der Waals surface area contributed by atoms with Gasteiger partial charge in [0.25, 0.3) is 5.91 Å². The molecule has 0 aliphatic carbocycles. The van der Waals surface area contributed by atoms with Crippen LogP contribution < -0.4 is 5.32 Å². The van der Waals surface area contributed by atoms with Crippen LogP contribution in [0.2, 0.25) is 0 Å². The number of nitrogens with zero attached hydrogens (tertiary/aromatic N) is 1. The molecule has 0 aromatic heterocycles. The number of piperidine rings is 1. The fourth-order valence-electron chi connectivity index (χ4n) is 4.20. The Hall–Kier alpha value is -2.92. The number of hydrogen-bond donors (Lipinski definition) is 1. The van der Waals surface area contributed by atoms with Crippen LogP contribution in [0.25, 0.3) is 0 Å². The van der Waals surface area contributed by atoms with Gasteiger partial charge >= 0.3 is 0 Å². The summed E-state index contributed by atoms with van der Waals surface area (Å²) >= 11 is 3.40. The lowest BCUT2D eigenvalue weighted by atomic mass is 9.93. The van der Waals surface area contributed by atoms with E-state index in [1.807, 2.05) is 65.6 Å². The summed E-state index contributed by atoms with van der Waals surface area (Å²) in [5.41, 5.74) is 2.98. The average Bonchev–Trinajstić information content (AvgIpc) is 2.85. The fraction of sp³-hybridized carbons (Fsp3) is 0.259. The molecule has 1 N–H and O–H groups in total. The van der Waals surface area contributed by atoms with E-state index >= 15 is 0 Å². The van der Waals surface area contributed by atoms with Gasteiger partial charge in [-0.3, -0.25) is 9.59 Å². The van der Waals surface area contributed by atoms with Crippen molar-refractivity contribution in [1.82, 2.24) is 10.2 Å². The number of nitrogens with one attached hydrogen (secondary N) is 1. The summed E-state index contributed by atoms with van der Waals surface area (Å²) in [5.74, 6) is 0.0269. The molecule has 4 nitrogen and oxygen atoms in total. The third kappa shape index (κ3) is 5.65. The molecule has 1 fully saturated rings. The lowest BCUT2D eigenvalue weighted by Crippen LogP contribution is -2.44. The van der Waals surface area contributed by atoms with E-state index in [4.69, 9.17) is 0 Å². The van der Waals surface area contributed by atoms with Crippen molar-refractivity contribution in [2.45, 2.75) is 25.3 Å². The molecule has 3 aromatic rings. The number of benzene rings is 3. The summed E-state index contributed by atoms with van der Waals surface area (Å²) in [6.45, 7) is 1.20. The highest BCUT2D eigenvalue weighted by atomic mass is 79.9. The Labute approximate surface area is 197 Å². The minimum absolute atomic E-state index is 0.0302. The molecule has 32 heavy (non-hydrogen) atoms. The molecular formula is C27H27BrN2O2. The molecule has 1 heterocycles. The Balaban J connectivity index is 1.38. The van der Waals surface area contributed by atoms with Crippen LogP contribution in [0.4, 0.5) is 0 Å². The molecular weight excluding hydrogens is 464 g/mol. The summed E-state index contributed by atoms with van der Waals surface area (Å²) in [6.07, 6.45) is 2.11. The van der Waals surface area contributed by atoms with Crippen LogP contribution in [0, 0.1) is 5.92 Å². The predicted molar refractivity (Wildman–Crippen MR) is 130 cm³/mol. The van der Waals surface area contributed by atoms with Crippen molar-refractivity contribution < 1.29 is 9.59 Å². The standard InChI is InChI=1S/C27H27BrN2O2/c28-24-13-11-23(12-14-24)27(32)30-17-15-22(16-18-30)26(31)29-25(21-9-5-2-6-10-21)19-20-7-3-1-4-8-20/h1-14,22,25H,15-19H2,(H,29,31). The normalized spacial score (nSPS) is 15.2. The van der Waals surface area contributed by atoms with Gasteiger partial charge in [-0.25, -0.2) is 0 Å². The van der Waals surface area contributed by atoms with Crippen molar-refractivity contribution >= 4 is 27.7 Å². The molecule has 0 bridgehead atoms. The van der Waals surface area contributed by atoms with Gasteiger partial charge in [0.1, 0.15) is 0 Å². The third-order valence-electron chi connectivity index (χ3n) is 6.05. The largest absolute Gasteiger partial charge is 0.349 e. The first-order valence-corrected chi connectivity index (χ1v) is 11.8. The second-order valence-electron chi connectivity index (χ2n) is 8.23. The average molecular weight is 491 g/mol. The van der Waals surface area contributed by atoms with Crippen molar-refractivity contribution in [3.63, 3.8) is 0 Å². The fourth-order valence-corrected chi connectivity index (χ4v) is 4.46. The molecule has 0 spiro atoms. The number of halogens is 1. The summed E-state index contributed by atoms with van der Waals surface area (Å²) in [6, 6.07) is 27.7. The van der Waals surface area contributed by atoms with Gasteiger partial charge in [-0.2, -0.15) is 0 Å². The summed E-state index contributed by atoms with van der Waals surface area (Å²) in [5, 5.41) is 3.29. The maximum atomic E-state index is 13.1. The Kier molecular flexibility index (Phi) is 7.38. The molecule has 4 rings (SSSR count). The van der Waals surface area contributed by atoms with Gasteiger partial charge < -0.3 is 10.2 Å². The van der Waals surface area contributed by atoms with Crippen molar-refractivity contribution in [2.75, 3.05) is 13.1 Å². The zero-order chi connectivity index (χ0) is 22.3. The van der Waals surface area contributed by atoms with E-state index in [9.17, 15) is 9.59 Å². The van der Waals surface area contributed by atoms with Crippen molar-refractivity contribution in [1.29, 1.82) is 0 Å². The molecule has 0 saturated carbocycles. The van der Waals surface area contributed by atoms with Gasteiger partial charge in [0.15, 0.2) is 0 Å². The zero-order valence-corrected chi connectivity index (χ0v) is 19.5. The molecule has 164 valence electrons. The van der Waals surface area contributed by atoms with Crippen molar-refractivity contribution in [3.05, 3.63) is 106 Å². The highest BCUT2D eigenvalue weighted by Gasteiger charge is 2.29.